The molecule has 3 nitrogen and oxygen atoms in total. The summed E-state index contributed by atoms with van der Waals surface area (Å²) in [6.45, 7) is 9.93. The third kappa shape index (κ3) is 4.43. The number of allylic oxidation sites excluding steroid dienone is 1. The van der Waals surface area contributed by atoms with Crippen molar-refractivity contribution in [1.29, 1.82) is 0 Å². The van der Waals surface area contributed by atoms with Gasteiger partial charge in [0.05, 0.1) is 0 Å². The van der Waals surface area contributed by atoms with E-state index >= 15 is 0 Å². The predicted octanol–water partition coefficient (Wildman–Crippen LogP) is 4.18. The monoisotopic (exact) mass is 262 g/mol. The third-order valence-electron chi connectivity index (χ3n) is 2.73. The van der Waals surface area contributed by atoms with Crippen LogP contribution in [0.1, 0.15) is 46.6 Å². The highest BCUT2D eigenvalue weighted by Gasteiger charge is 2.20. The van der Waals surface area contributed by atoms with E-state index in [1.807, 2.05) is 25.1 Å². The van der Waals surface area contributed by atoms with Crippen LogP contribution in [0.4, 0.5) is 0 Å². The van der Waals surface area contributed by atoms with Crippen LogP contribution < -0.4 is 4.89 Å². The van der Waals surface area contributed by atoms with Crippen LogP contribution in [-0.4, -0.2) is 5.97 Å². The van der Waals surface area contributed by atoms with Crippen LogP contribution in [0.5, 0.6) is 5.75 Å². The lowest BCUT2D eigenvalue weighted by Gasteiger charge is -2.21. The van der Waals surface area contributed by atoms with Crippen LogP contribution >= 0.6 is 0 Å². The standard InChI is InChI=1S/C16H22O3/c1-6-9-12(2)15(17)19-18-14-11-8-7-10-13(14)16(3,4)5/h7-11H,6H2,1-5H3. The van der Waals surface area contributed by atoms with Crippen LogP contribution in [0.15, 0.2) is 35.9 Å². The maximum Gasteiger partial charge on any atom is 0.381 e. The Hall–Kier alpha value is -1.77. The van der Waals surface area contributed by atoms with Gasteiger partial charge in [-0.2, -0.15) is 0 Å². The van der Waals surface area contributed by atoms with Gasteiger partial charge in [-0.3, -0.25) is 4.89 Å². The molecule has 0 aliphatic carbocycles. The maximum atomic E-state index is 11.7. The van der Waals surface area contributed by atoms with Crippen LogP contribution in [0, 0.1) is 0 Å². The Kier molecular flexibility index (Phi) is 5.16. The molecule has 0 saturated heterocycles. The molecule has 0 bridgehead atoms. The first kappa shape index (κ1) is 15.3. The van der Waals surface area contributed by atoms with Gasteiger partial charge in [0.25, 0.3) is 0 Å². The summed E-state index contributed by atoms with van der Waals surface area (Å²) in [5.74, 6) is 0.123. The second-order valence-corrected chi connectivity index (χ2v) is 5.50. The molecule has 0 radical (unpaired) electrons. The van der Waals surface area contributed by atoms with Gasteiger partial charge in [0.1, 0.15) is 0 Å². The molecule has 0 saturated carbocycles. The van der Waals surface area contributed by atoms with Gasteiger partial charge in [-0.15, -0.1) is 0 Å². The average Bonchev–Trinajstić information content (AvgIpc) is 2.35. The minimum Gasteiger partial charge on any atom is -0.286 e. The predicted molar refractivity (Wildman–Crippen MR) is 75.9 cm³/mol. The SMILES string of the molecule is CCC=C(C)C(=O)OOc1ccccc1C(C)(C)C. The third-order valence-corrected chi connectivity index (χ3v) is 2.73. The summed E-state index contributed by atoms with van der Waals surface area (Å²) < 4.78 is 0. The van der Waals surface area contributed by atoms with Gasteiger partial charge in [0, 0.05) is 11.1 Å². The smallest absolute Gasteiger partial charge is 0.286 e. The molecule has 0 aliphatic rings. The fraction of sp³-hybridized carbons (Fsp3) is 0.438. The molecule has 19 heavy (non-hydrogen) atoms. The minimum absolute atomic E-state index is 0.0721. The molecule has 3 heteroatoms. The van der Waals surface area contributed by atoms with Crippen molar-refractivity contribution < 1.29 is 14.6 Å². The fourth-order valence-corrected chi connectivity index (χ4v) is 1.70. The van der Waals surface area contributed by atoms with Crippen LogP contribution in [0.3, 0.4) is 0 Å². The molecule has 0 atom stereocenters. The lowest BCUT2D eigenvalue weighted by Crippen LogP contribution is -2.15. The summed E-state index contributed by atoms with van der Waals surface area (Å²) >= 11 is 0. The molecule has 0 heterocycles. The van der Waals surface area contributed by atoms with E-state index in [1.165, 1.54) is 0 Å². The van der Waals surface area contributed by atoms with Crippen LogP contribution in [0.2, 0.25) is 0 Å². The zero-order valence-electron chi connectivity index (χ0n) is 12.3. The zero-order valence-corrected chi connectivity index (χ0v) is 12.3. The van der Waals surface area contributed by atoms with Gasteiger partial charge in [0.2, 0.25) is 0 Å². The summed E-state index contributed by atoms with van der Waals surface area (Å²) in [5.41, 5.74) is 1.48. The summed E-state index contributed by atoms with van der Waals surface area (Å²) in [5, 5.41) is 0. The van der Waals surface area contributed by atoms with E-state index in [2.05, 4.69) is 20.8 Å². The molecule has 0 N–H and O–H groups in total. The largest absolute Gasteiger partial charge is 0.381 e. The van der Waals surface area contributed by atoms with Gasteiger partial charge >= 0.3 is 5.97 Å². The second kappa shape index (κ2) is 6.41. The molecule has 1 aromatic carbocycles. The minimum atomic E-state index is -0.453. The quantitative estimate of drug-likeness (QED) is 0.464. The summed E-state index contributed by atoms with van der Waals surface area (Å²) in [6.07, 6.45) is 2.60. The highest BCUT2D eigenvalue weighted by Crippen LogP contribution is 2.31. The van der Waals surface area contributed by atoms with E-state index in [0.717, 1.165) is 12.0 Å². The summed E-state index contributed by atoms with van der Waals surface area (Å²) in [7, 11) is 0. The summed E-state index contributed by atoms with van der Waals surface area (Å²) in [6, 6.07) is 7.56. The topological polar surface area (TPSA) is 35.5 Å². The highest BCUT2D eigenvalue weighted by atomic mass is 17.2. The Morgan fingerprint density at radius 3 is 2.47 bits per heavy atom. The van der Waals surface area contributed by atoms with Gasteiger partial charge in [-0.25, -0.2) is 9.68 Å². The van der Waals surface area contributed by atoms with E-state index in [-0.39, 0.29) is 5.41 Å². The molecule has 0 spiro atoms. The van der Waals surface area contributed by atoms with E-state index < -0.39 is 5.97 Å². The average molecular weight is 262 g/mol. The molecular formula is C16H22O3. The Bertz CT molecular complexity index is 467. The molecule has 0 aliphatic heterocycles. The van der Waals surface area contributed by atoms with Gasteiger partial charge in [-0.05, 0) is 24.8 Å². The molecule has 104 valence electrons. The van der Waals surface area contributed by atoms with Crippen molar-refractivity contribution in [3.8, 4) is 5.75 Å². The van der Waals surface area contributed by atoms with Crippen molar-refractivity contribution in [2.45, 2.75) is 46.5 Å². The van der Waals surface area contributed by atoms with Crippen molar-refractivity contribution in [3.05, 3.63) is 41.5 Å². The van der Waals surface area contributed by atoms with Crippen LogP contribution in [-0.2, 0) is 15.1 Å². The van der Waals surface area contributed by atoms with Crippen molar-refractivity contribution >= 4 is 5.97 Å². The maximum absolute atomic E-state index is 11.7. The zero-order chi connectivity index (χ0) is 14.5. The summed E-state index contributed by atoms with van der Waals surface area (Å²) in [4.78, 5) is 21.7. The Balaban J connectivity index is 2.79. The molecule has 0 aromatic heterocycles. The first-order chi connectivity index (χ1) is 8.86. The second-order valence-electron chi connectivity index (χ2n) is 5.50. The molecule has 1 rings (SSSR count). The Morgan fingerprint density at radius 1 is 1.26 bits per heavy atom. The highest BCUT2D eigenvalue weighted by molar-refractivity contribution is 5.87. The number of para-hydroxylation sites is 1. The lowest BCUT2D eigenvalue weighted by atomic mass is 9.86. The Morgan fingerprint density at radius 2 is 1.89 bits per heavy atom. The molecule has 0 fully saturated rings. The van der Waals surface area contributed by atoms with E-state index in [1.54, 1.807) is 19.1 Å². The van der Waals surface area contributed by atoms with Crippen LogP contribution in [0.25, 0.3) is 0 Å². The molecular weight excluding hydrogens is 240 g/mol. The Labute approximate surface area is 115 Å². The van der Waals surface area contributed by atoms with E-state index in [4.69, 9.17) is 9.78 Å². The number of carbonyl (C=O) groups excluding carboxylic acids is 1. The fourth-order valence-electron chi connectivity index (χ4n) is 1.70. The van der Waals surface area contributed by atoms with Gasteiger partial charge in [-0.1, -0.05) is 52.0 Å². The van der Waals surface area contributed by atoms with Gasteiger partial charge in [0.15, 0.2) is 5.75 Å². The molecule has 0 unspecified atom stereocenters. The van der Waals surface area contributed by atoms with E-state index in [0.29, 0.717) is 11.3 Å². The molecule has 0 amide bonds. The molecule has 1 aromatic rings. The number of hydrogen-bond donors (Lipinski definition) is 0. The van der Waals surface area contributed by atoms with Crippen molar-refractivity contribution in [1.82, 2.24) is 0 Å². The normalized spacial score (nSPS) is 12.2. The number of benzene rings is 1. The number of carbonyl (C=O) groups is 1. The number of hydrogen-bond acceptors (Lipinski definition) is 3. The first-order valence-electron chi connectivity index (χ1n) is 6.51. The lowest BCUT2D eigenvalue weighted by molar-refractivity contribution is -0.209. The first-order valence-corrected chi connectivity index (χ1v) is 6.51. The van der Waals surface area contributed by atoms with E-state index in [9.17, 15) is 4.79 Å². The number of rotatable bonds is 4. The van der Waals surface area contributed by atoms with Crippen molar-refractivity contribution in [2.24, 2.45) is 0 Å². The van der Waals surface area contributed by atoms with Gasteiger partial charge < -0.3 is 0 Å². The van der Waals surface area contributed by atoms with Crippen molar-refractivity contribution in [2.75, 3.05) is 0 Å². The van der Waals surface area contributed by atoms with Crippen molar-refractivity contribution in [3.63, 3.8) is 0 Å².